The zero-order valence-electron chi connectivity index (χ0n) is 12.7. The van der Waals surface area contributed by atoms with Crippen LogP contribution in [0.2, 0.25) is 0 Å². The summed E-state index contributed by atoms with van der Waals surface area (Å²) >= 11 is 3.37. The molecule has 0 amide bonds. The lowest BCUT2D eigenvalue weighted by Crippen LogP contribution is -2.12. The van der Waals surface area contributed by atoms with Crippen LogP contribution in [0.4, 0.5) is 5.13 Å². The third kappa shape index (κ3) is 3.35. The van der Waals surface area contributed by atoms with Gasteiger partial charge in [-0.05, 0) is 25.7 Å². The van der Waals surface area contributed by atoms with Crippen LogP contribution >= 0.6 is 22.7 Å². The van der Waals surface area contributed by atoms with E-state index in [1.807, 2.05) is 0 Å². The van der Waals surface area contributed by atoms with Gasteiger partial charge < -0.3 is 5.32 Å². The Morgan fingerprint density at radius 3 is 2.45 bits per heavy atom. The van der Waals surface area contributed by atoms with E-state index in [1.54, 1.807) is 22.7 Å². The molecule has 6 heteroatoms. The van der Waals surface area contributed by atoms with E-state index in [0.717, 1.165) is 28.7 Å². The van der Waals surface area contributed by atoms with Crippen molar-refractivity contribution in [3.8, 4) is 9.88 Å². The molecule has 2 aromatic rings. The summed E-state index contributed by atoms with van der Waals surface area (Å²) in [5, 5.41) is 15.0. The van der Waals surface area contributed by atoms with Crippen molar-refractivity contribution in [2.24, 2.45) is 0 Å². The minimum absolute atomic E-state index is 0.413. The van der Waals surface area contributed by atoms with Gasteiger partial charge >= 0.3 is 0 Å². The quantitative estimate of drug-likeness (QED) is 0.850. The Morgan fingerprint density at radius 1 is 1.10 bits per heavy atom. The number of anilines is 1. The molecule has 1 N–H and O–H groups in total. The zero-order chi connectivity index (χ0) is 14.7. The molecule has 0 fully saturated rings. The van der Waals surface area contributed by atoms with Crippen LogP contribution in [0.5, 0.6) is 0 Å². The first-order chi connectivity index (χ1) is 9.55. The van der Waals surface area contributed by atoms with Crippen LogP contribution in [0.25, 0.3) is 9.88 Å². The number of aromatic nitrogens is 3. The van der Waals surface area contributed by atoms with Gasteiger partial charge in [-0.2, -0.15) is 0 Å². The van der Waals surface area contributed by atoms with Gasteiger partial charge in [-0.25, -0.2) is 4.98 Å². The van der Waals surface area contributed by atoms with Gasteiger partial charge in [0.15, 0.2) is 5.01 Å². The highest BCUT2D eigenvalue weighted by Gasteiger charge is 2.19. The molecule has 0 bridgehead atoms. The van der Waals surface area contributed by atoms with Crippen molar-refractivity contribution in [3.63, 3.8) is 0 Å². The van der Waals surface area contributed by atoms with Crippen LogP contribution in [0, 0.1) is 0 Å². The van der Waals surface area contributed by atoms with Crippen molar-refractivity contribution in [3.05, 3.63) is 10.7 Å². The molecule has 1 atom stereocenters. The molecular weight excluding hydrogens is 288 g/mol. The molecule has 2 heterocycles. The van der Waals surface area contributed by atoms with Crippen LogP contribution in [0.15, 0.2) is 0 Å². The van der Waals surface area contributed by atoms with Crippen molar-refractivity contribution >= 4 is 27.8 Å². The summed E-state index contributed by atoms with van der Waals surface area (Å²) in [6, 6.07) is 0.424. The molecule has 0 spiro atoms. The molecule has 1 unspecified atom stereocenters. The SMILES string of the molecule is CCc1nc(C(C)C)c(-c2nnc(NC(C)CC)s2)s1. The first-order valence-electron chi connectivity index (χ1n) is 7.15. The van der Waals surface area contributed by atoms with Crippen LogP contribution in [-0.4, -0.2) is 21.2 Å². The number of aryl methyl sites for hydroxylation is 1. The molecule has 110 valence electrons. The zero-order valence-corrected chi connectivity index (χ0v) is 14.4. The first kappa shape index (κ1) is 15.4. The second-order valence-corrected chi connectivity index (χ2v) is 7.26. The lowest BCUT2D eigenvalue weighted by atomic mass is 10.1. The number of nitrogens with zero attached hydrogens (tertiary/aromatic N) is 3. The molecule has 0 radical (unpaired) electrons. The average Bonchev–Trinajstić information content (AvgIpc) is 3.04. The number of thiazole rings is 1. The fourth-order valence-corrected chi connectivity index (χ4v) is 3.85. The summed E-state index contributed by atoms with van der Waals surface area (Å²) in [6.07, 6.45) is 2.05. The molecule has 0 aliphatic rings. The van der Waals surface area contributed by atoms with Crippen molar-refractivity contribution in [1.82, 2.24) is 15.2 Å². The van der Waals surface area contributed by atoms with Crippen molar-refractivity contribution < 1.29 is 0 Å². The fourth-order valence-electron chi connectivity index (χ4n) is 1.76. The van der Waals surface area contributed by atoms with Gasteiger partial charge in [0.25, 0.3) is 0 Å². The Labute approximate surface area is 128 Å². The number of hydrogen-bond acceptors (Lipinski definition) is 6. The summed E-state index contributed by atoms with van der Waals surface area (Å²) in [7, 11) is 0. The van der Waals surface area contributed by atoms with E-state index in [9.17, 15) is 0 Å². The van der Waals surface area contributed by atoms with Gasteiger partial charge in [-0.1, -0.05) is 39.0 Å². The number of nitrogens with one attached hydrogen (secondary N) is 1. The minimum atomic E-state index is 0.413. The maximum absolute atomic E-state index is 4.73. The summed E-state index contributed by atoms with van der Waals surface area (Å²) < 4.78 is 0. The normalized spacial score (nSPS) is 12.9. The third-order valence-electron chi connectivity index (χ3n) is 3.15. The number of hydrogen-bond donors (Lipinski definition) is 1. The highest BCUT2D eigenvalue weighted by Crippen LogP contribution is 2.37. The average molecular weight is 310 g/mol. The second kappa shape index (κ2) is 6.63. The van der Waals surface area contributed by atoms with E-state index in [1.165, 1.54) is 9.88 Å². The maximum atomic E-state index is 4.73. The van der Waals surface area contributed by atoms with Gasteiger partial charge in [0, 0.05) is 6.04 Å². The molecule has 0 aliphatic heterocycles. The highest BCUT2D eigenvalue weighted by atomic mass is 32.1. The minimum Gasteiger partial charge on any atom is -0.358 e. The van der Waals surface area contributed by atoms with E-state index in [2.05, 4.69) is 50.1 Å². The predicted octanol–water partition coefficient (Wildman–Crippen LogP) is 4.56. The molecule has 20 heavy (non-hydrogen) atoms. The summed E-state index contributed by atoms with van der Waals surface area (Å²) in [5.74, 6) is 0.413. The maximum Gasteiger partial charge on any atom is 0.206 e. The van der Waals surface area contributed by atoms with Crippen LogP contribution in [0.1, 0.15) is 57.7 Å². The van der Waals surface area contributed by atoms with Gasteiger partial charge in [-0.3, -0.25) is 0 Å². The van der Waals surface area contributed by atoms with E-state index in [4.69, 9.17) is 4.98 Å². The van der Waals surface area contributed by atoms with Gasteiger partial charge in [0.1, 0.15) is 0 Å². The van der Waals surface area contributed by atoms with Gasteiger partial charge in [-0.15, -0.1) is 21.5 Å². The Balaban J connectivity index is 2.29. The molecular formula is C14H22N4S2. The molecule has 2 aromatic heterocycles. The van der Waals surface area contributed by atoms with Crippen LogP contribution in [0.3, 0.4) is 0 Å². The summed E-state index contributed by atoms with van der Waals surface area (Å²) in [6.45, 7) is 10.8. The lowest BCUT2D eigenvalue weighted by molar-refractivity contribution is 0.760. The molecule has 0 aliphatic carbocycles. The van der Waals surface area contributed by atoms with E-state index in [0.29, 0.717) is 12.0 Å². The van der Waals surface area contributed by atoms with Gasteiger partial charge in [0.2, 0.25) is 5.13 Å². The fraction of sp³-hybridized carbons (Fsp3) is 0.643. The second-order valence-electron chi connectivity index (χ2n) is 5.20. The van der Waals surface area contributed by atoms with Crippen molar-refractivity contribution in [2.75, 3.05) is 5.32 Å². The standard InChI is InChI=1S/C14H22N4S2/c1-6-9(5)15-14-18-17-13(20-14)12-11(8(3)4)16-10(7-2)19-12/h8-9H,6-7H2,1-5H3,(H,15,18). The largest absolute Gasteiger partial charge is 0.358 e. The van der Waals surface area contributed by atoms with E-state index in [-0.39, 0.29) is 0 Å². The monoisotopic (exact) mass is 310 g/mol. The molecule has 0 aromatic carbocycles. The lowest BCUT2D eigenvalue weighted by Gasteiger charge is -2.07. The first-order valence-corrected chi connectivity index (χ1v) is 8.78. The number of rotatable bonds is 6. The Bertz CT molecular complexity index is 559. The Morgan fingerprint density at radius 2 is 1.85 bits per heavy atom. The van der Waals surface area contributed by atoms with E-state index >= 15 is 0 Å². The van der Waals surface area contributed by atoms with E-state index < -0.39 is 0 Å². The van der Waals surface area contributed by atoms with Crippen molar-refractivity contribution in [2.45, 2.75) is 59.4 Å². The Hall–Kier alpha value is -1.01. The van der Waals surface area contributed by atoms with Crippen molar-refractivity contribution in [1.29, 1.82) is 0 Å². The third-order valence-corrected chi connectivity index (χ3v) is 5.37. The molecule has 0 saturated heterocycles. The molecule has 0 saturated carbocycles. The topological polar surface area (TPSA) is 50.7 Å². The molecule has 2 rings (SSSR count). The summed E-state index contributed by atoms with van der Waals surface area (Å²) in [4.78, 5) is 5.91. The smallest absolute Gasteiger partial charge is 0.206 e. The predicted molar refractivity (Wildman–Crippen MR) is 87.9 cm³/mol. The highest BCUT2D eigenvalue weighted by molar-refractivity contribution is 7.23. The van der Waals surface area contributed by atoms with Crippen LogP contribution in [-0.2, 0) is 6.42 Å². The summed E-state index contributed by atoms with van der Waals surface area (Å²) in [5.41, 5.74) is 1.15. The Kier molecular flexibility index (Phi) is 5.10. The van der Waals surface area contributed by atoms with Gasteiger partial charge in [0.05, 0.1) is 15.6 Å². The molecule has 4 nitrogen and oxygen atoms in total. The van der Waals surface area contributed by atoms with Crippen LogP contribution < -0.4 is 5.32 Å².